The van der Waals surface area contributed by atoms with Crippen molar-refractivity contribution in [2.24, 2.45) is 0 Å². The molecule has 0 saturated carbocycles. The van der Waals surface area contributed by atoms with Gasteiger partial charge in [-0.2, -0.15) is 5.10 Å². The number of nitro groups is 1. The number of carbonyl (C=O) groups is 1. The molecule has 0 aliphatic heterocycles. The lowest BCUT2D eigenvalue weighted by molar-refractivity contribution is -0.384. The van der Waals surface area contributed by atoms with E-state index >= 15 is 0 Å². The van der Waals surface area contributed by atoms with Gasteiger partial charge in [0.05, 0.1) is 4.92 Å². The number of benzene rings is 1. The average Bonchev–Trinajstić information content (AvgIpc) is 2.80. The predicted molar refractivity (Wildman–Crippen MR) is 57.1 cm³/mol. The Balaban J connectivity index is 2.70. The van der Waals surface area contributed by atoms with Crippen LogP contribution >= 0.6 is 0 Å². The predicted octanol–water partition coefficient (Wildman–Crippen LogP) is 1.62. The molecule has 18 heavy (non-hydrogen) atoms. The van der Waals surface area contributed by atoms with Crippen LogP contribution in [0.25, 0.3) is 5.69 Å². The van der Waals surface area contributed by atoms with Gasteiger partial charge in [0.1, 0.15) is 17.1 Å². The molecule has 7 nitrogen and oxygen atoms in total. The van der Waals surface area contributed by atoms with E-state index in [0.717, 1.165) is 10.7 Å². The maximum Gasteiger partial charge on any atom is 0.338 e. The molecule has 2 aromatic rings. The largest absolute Gasteiger partial charge is 0.478 e. The van der Waals surface area contributed by atoms with Crippen LogP contribution in [-0.2, 0) is 0 Å². The summed E-state index contributed by atoms with van der Waals surface area (Å²) >= 11 is 0. The second-order valence-electron chi connectivity index (χ2n) is 3.33. The molecule has 8 heteroatoms. The van der Waals surface area contributed by atoms with Crippen LogP contribution in [0.15, 0.2) is 30.6 Å². The maximum atomic E-state index is 13.5. The molecule has 0 atom stereocenters. The molecule has 0 saturated heterocycles. The topological polar surface area (TPSA) is 98.3 Å². The Morgan fingerprint density at radius 3 is 2.72 bits per heavy atom. The normalized spacial score (nSPS) is 10.3. The Labute approximate surface area is 99.2 Å². The second-order valence-corrected chi connectivity index (χ2v) is 3.33. The Bertz CT molecular complexity index is 624. The summed E-state index contributed by atoms with van der Waals surface area (Å²) in [6.45, 7) is 0. The molecule has 0 aliphatic carbocycles. The first kappa shape index (κ1) is 11.7. The van der Waals surface area contributed by atoms with Crippen LogP contribution in [0.3, 0.4) is 0 Å². The summed E-state index contributed by atoms with van der Waals surface area (Å²) in [5.74, 6) is -2.62. The first-order valence-electron chi connectivity index (χ1n) is 4.72. The number of carboxylic acids is 1. The van der Waals surface area contributed by atoms with Gasteiger partial charge in [-0.1, -0.05) is 0 Å². The SMILES string of the molecule is O=C(O)c1cc([N+](=O)[O-])c(-n2cccn2)cc1F. The number of rotatable bonds is 3. The number of hydrogen-bond acceptors (Lipinski definition) is 4. The highest BCUT2D eigenvalue weighted by Crippen LogP contribution is 2.26. The molecule has 1 heterocycles. The van der Waals surface area contributed by atoms with Crippen molar-refractivity contribution >= 4 is 11.7 Å². The highest BCUT2D eigenvalue weighted by molar-refractivity contribution is 5.89. The molecular formula is C10H6FN3O4. The van der Waals surface area contributed by atoms with Crippen molar-refractivity contribution in [1.29, 1.82) is 0 Å². The fourth-order valence-corrected chi connectivity index (χ4v) is 1.46. The molecule has 0 fully saturated rings. The van der Waals surface area contributed by atoms with E-state index in [-0.39, 0.29) is 5.69 Å². The van der Waals surface area contributed by atoms with E-state index < -0.39 is 28.0 Å². The van der Waals surface area contributed by atoms with Gasteiger partial charge in [0.15, 0.2) is 0 Å². The van der Waals surface area contributed by atoms with Crippen LogP contribution in [0.1, 0.15) is 10.4 Å². The zero-order valence-corrected chi connectivity index (χ0v) is 8.78. The number of halogens is 1. The summed E-state index contributed by atoms with van der Waals surface area (Å²) in [4.78, 5) is 20.8. The quantitative estimate of drug-likeness (QED) is 0.660. The van der Waals surface area contributed by atoms with Gasteiger partial charge in [-0.15, -0.1) is 0 Å². The van der Waals surface area contributed by atoms with Gasteiger partial charge < -0.3 is 5.11 Å². The van der Waals surface area contributed by atoms with Crippen LogP contribution in [0.2, 0.25) is 0 Å². The highest BCUT2D eigenvalue weighted by Gasteiger charge is 2.23. The molecule has 1 aromatic heterocycles. The van der Waals surface area contributed by atoms with Gasteiger partial charge in [0.25, 0.3) is 5.69 Å². The van der Waals surface area contributed by atoms with Crippen LogP contribution in [-0.4, -0.2) is 25.8 Å². The van der Waals surface area contributed by atoms with Crippen molar-refractivity contribution < 1.29 is 19.2 Å². The fourth-order valence-electron chi connectivity index (χ4n) is 1.46. The minimum absolute atomic E-state index is 0.132. The van der Waals surface area contributed by atoms with E-state index in [1.807, 2.05) is 0 Å². The van der Waals surface area contributed by atoms with Crippen molar-refractivity contribution in [2.45, 2.75) is 0 Å². The summed E-state index contributed by atoms with van der Waals surface area (Å²) in [7, 11) is 0. The monoisotopic (exact) mass is 251 g/mol. The molecule has 0 bridgehead atoms. The van der Waals surface area contributed by atoms with Crippen molar-refractivity contribution in [3.63, 3.8) is 0 Å². The van der Waals surface area contributed by atoms with E-state index in [9.17, 15) is 19.3 Å². The summed E-state index contributed by atoms with van der Waals surface area (Å²) in [5, 5.41) is 23.3. The van der Waals surface area contributed by atoms with Gasteiger partial charge >= 0.3 is 5.97 Å². The number of nitro benzene ring substituents is 1. The Morgan fingerprint density at radius 2 is 2.22 bits per heavy atom. The molecule has 0 radical (unpaired) electrons. The smallest absolute Gasteiger partial charge is 0.338 e. The molecule has 0 amide bonds. The molecule has 92 valence electrons. The summed E-state index contributed by atoms with van der Waals surface area (Å²) in [6, 6.07) is 2.95. The van der Waals surface area contributed by atoms with E-state index in [2.05, 4.69) is 5.10 Å². The molecule has 1 N–H and O–H groups in total. The average molecular weight is 251 g/mol. The summed E-state index contributed by atoms with van der Waals surface area (Å²) < 4.78 is 14.6. The summed E-state index contributed by atoms with van der Waals surface area (Å²) in [5.41, 5.74) is -1.41. The molecule has 0 unspecified atom stereocenters. The first-order chi connectivity index (χ1) is 8.50. The van der Waals surface area contributed by atoms with Crippen molar-refractivity contribution in [3.8, 4) is 5.69 Å². The fraction of sp³-hybridized carbons (Fsp3) is 0. The number of nitrogens with zero attached hydrogens (tertiary/aromatic N) is 3. The van der Waals surface area contributed by atoms with Crippen LogP contribution in [0, 0.1) is 15.9 Å². The molecule has 0 aliphatic rings. The zero-order valence-electron chi connectivity index (χ0n) is 8.78. The third kappa shape index (κ3) is 1.90. The molecule has 1 aromatic carbocycles. The lowest BCUT2D eigenvalue weighted by Gasteiger charge is -2.05. The number of aromatic nitrogens is 2. The van der Waals surface area contributed by atoms with E-state index in [0.29, 0.717) is 6.07 Å². The van der Waals surface area contributed by atoms with E-state index in [1.165, 1.54) is 18.5 Å². The Hall–Kier alpha value is -2.77. The van der Waals surface area contributed by atoms with Gasteiger partial charge in [-0.25, -0.2) is 13.9 Å². The molecule has 2 rings (SSSR count). The summed E-state index contributed by atoms with van der Waals surface area (Å²) in [6.07, 6.45) is 2.76. The van der Waals surface area contributed by atoms with Crippen LogP contribution in [0.5, 0.6) is 0 Å². The van der Waals surface area contributed by atoms with Crippen LogP contribution < -0.4 is 0 Å². The standard InChI is InChI=1S/C10H6FN3O4/c11-7-5-8(13-3-1-2-12-13)9(14(17)18)4-6(7)10(15)16/h1-5H,(H,15,16). The van der Waals surface area contributed by atoms with Gasteiger partial charge in [0.2, 0.25) is 0 Å². The van der Waals surface area contributed by atoms with E-state index in [1.54, 1.807) is 0 Å². The van der Waals surface area contributed by atoms with Crippen LogP contribution in [0.4, 0.5) is 10.1 Å². The first-order valence-corrected chi connectivity index (χ1v) is 4.72. The number of hydrogen-bond donors (Lipinski definition) is 1. The lowest BCUT2D eigenvalue weighted by Crippen LogP contribution is -2.07. The zero-order chi connectivity index (χ0) is 13.3. The minimum atomic E-state index is -1.57. The number of carboxylic acid groups (broad SMARTS) is 1. The second kappa shape index (κ2) is 4.24. The number of aromatic carboxylic acids is 1. The third-order valence-electron chi connectivity index (χ3n) is 2.24. The van der Waals surface area contributed by atoms with Crippen molar-refractivity contribution in [2.75, 3.05) is 0 Å². The van der Waals surface area contributed by atoms with Crippen molar-refractivity contribution in [1.82, 2.24) is 9.78 Å². The minimum Gasteiger partial charge on any atom is -0.478 e. The molecule has 0 spiro atoms. The molecular weight excluding hydrogens is 245 g/mol. The highest BCUT2D eigenvalue weighted by atomic mass is 19.1. The Morgan fingerprint density at radius 1 is 1.50 bits per heavy atom. The lowest BCUT2D eigenvalue weighted by atomic mass is 10.1. The van der Waals surface area contributed by atoms with Gasteiger partial charge in [-0.05, 0) is 6.07 Å². The van der Waals surface area contributed by atoms with E-state index in [4.69, 9.17) is 5.11 Å². The Kier molecular flexibility index (Phi) is 2.76. The maximum absolute atomic E-state index is 13.5. The van der Waals surface area contributed by atoms with Gasteiger partial charge in [-0.3, -0.25) is 10.1 Å². The van der Waals surface area contributed by atoms with Gasteiger partial charge in [0, 0.05) is 24.5 Å². The third-order valence-corrected chi connectivity index (χ3v) is 2.24. The van der Waals surface area contributed by atoms with Crippen molar-refractivity contribution in [3.05, 3.63) is 52.1 Å².